The van der Waals surface area contributed by atoms with Gasteiger partial charge in [0.25, 0.3) is 0 Å². The molecule has 0 aromatic heterocycles. The van der Waals surface area contributed by atoms with E-state index in [1.54, 1.807) is 0 Å². The van der Waals surface area contributed by atoms with Gasteiger partial charge in [-0.05, 0) is 18.8 Å². The van der Waals surface area contributed by atoms with Crippen molar-refractivity contribution in [3.05, 3.63) is 0 Å². The number of hydrogen-bond donors (Lipinski definition) is 0. The Kier molecular flexibility index (Phi) is 2.13. The van der Waals surface area contributed by atoms with Crippen molar-refractivity contribution in [3.8, 4) is 0 Å². The highest BCUT2D eigenvalue weighted by atomic mass is 16.5. The maximum atomic E-state index is 5.52. The lowest BCUT2D eigenvalue weighted by molar-refractivity contribution is -0.0250. The molecule has 0 aromatic rings. The van der Waals surface area contributed by atoms with Gasteiger partial charge in [0.2, 0.25) is 0 Å². The summed E-state index contributed by atoms with van der Waals surface area (Å²) in [5, 5.41) is 0. The fraction of sp³-hybridized carbons (Fsp3) is 1.00. The molecule has 0 bridgehead atoms. The molecule has 2 fully saturated rings. The molecule has 0 atom stereocenters. The predicted molar refractivity (Wildman–Crippen MR) is 49.2 cm³/mol. The van der Waals surface area contributed by atoms with Crippen LogP contribution in [0.2, 0.25) is 0 Å². The second-order valence-corrected chi connectivity index (χ2v) is 4.62. The molecule has 0 amide bonds. The molecule has 2 heteroatoms. The van der Waals surface area contributed by atoms with E-state index < -0.39 is 0 Å². The van der Waals surface area contributed by atoms with Crippen LogP contribution in [0.5, 0.6) is 0 Å². The zero-order valence-electron chi connectivity index (χ0n) is 8.18. The number of rotatable bonds is 2. The van der Waals surface area contributed by atoms with Crippen LogP contribution < -0.4 is 0 Å². The van der Waals surface area contributed by atoms with E-state index in [1.807, 2.05) is 0 Å². The topological polar surface area (TPSA) is 12.5 Å². The van der Waals surface area contributed by atoms with Gasteiger partial charge < -0.3 is 4.74 Å². The van der Waals surface area contributed by atoms with E-state index in [9.17, 15) is 0 Å². The second-order valence-electron chi connectivity index (χ2n) is 4.62. The lowest BCUT2D eigenvalue weighted by Gasteiger charge is -2.37. The van der Waals surface area contributed by atoms with Gasteiger partial charge in [-0.1, -0.05) is 13.8 Å². The van der Waals surface area contributed by atoms with Crippen LogP contribution in [0.3, 0.4) is 0 Å². The Bertz CT molecular complexity index is 163. The molecular weight excluding hydrogens is 150 g/mol. The fourth-order valence-electron chi connectivity index (χ4n) is 2.10. The molecule has 1 saturated carbocycles. The first-order chi connectivity index (χ1) is 5.73. The summed E-state index contributed by atoms with van der Waals surface area (Å²) in [6.07, 6.45) is 2.72. The van der Waals surface area contributed by atoms with Crippen LogP contribution in [0, 0.1) is 5.92 Å². The van der Waals surface area contributed by atoms with Gasteiger partial charge in [-0.25, -0.2) is 0 Å². The van der Waals surface area contributed by atoms with Crippen LogP contribution in [-0.4, -0.2) is 36.7 Å². The molecule has 2 aliphatic rings. The van der Waals surface area contributed by atoms with Gasteiger partial charge in [0.1, 0.15) is 0 Å². The first-order valence-corrected chi connectivity index (χ1v) is 5.06. The lowest BCUT2D eigenvalue weighted by atomic mass is 10.1. The summed E-state index contributed by atoms with van der Waals surface area (Å²) >= 11 is 0. The van der Waals surface area contributed by atoms with Gasteiger partial charge in [0.15, 0.2) is 0 Å². The highest BCUT2D eigenvalue weighted by Crippen LogP contribution is 2.43. The molecular formula is C10H19NO. The van der Waals surface area contributed by atoms with Crippen molar-refractivity contribution in [1.82, 2.24) is 4.90 Å². The van der Waals surface area contributed by atoms with Gasteiger partial charge in [0.05, 0.1) is 13.2 Å². The second kappa shape index (κ2) is 3.00. The molecule has 0 radical (unpaired) electrons. The van der Waals surface area contributed by atoms with Gasteiger partial charge in [-0.15, -0.1) is 0 Å². The van der Waals surface area contributed by atoms with Gasteiger partial charge in [0, 0.05) is 18.6 Å². The molecule has 0 N–H and O–H groups in total. The quantitative estimate of drug-likeness (QED) is 0.621. The van der Waals surface area contributed by atoms with Crippen LogP contribution in [-0.2, 0) is 4.74 Å². The minimum Gasteiger partial charge on any atom is -0.378 e. The summed E-state index contributed by atoms with van der Waals surface area (Å²) in [4.78, 5) is 2.64. The smallest absolute Gasteiger partial charge is 0.0651 e. The molecule has 1 aliphatic carbocycles. The SMILES string of the molecule is CC(C)CN1CCOCC12CC2. The lowest BCUT2D eigenvalue weighted by Crippen LogP contribution is -2.48. The van der Waals surface area contributed by atoms with Crippen molar-refractivity contribution < 1.29 is 4.74 Å². The van der Waals surface area contributed by atoms with Gasteiger partial charge >= 0.3 is 0 Å². The largest absolute Gasteiger partial charge is 0.378 e. The average molecular weight is 169 g/mol. The van der Waals surface area contributed by atoms with E-state index in [0.29, 0.717) is 5.54 Å². The summed E-state index contributed by atoms with van der Waals surface area (Å²) in [6.45, 7) is 8.92. The number of nitrogens with zero attached hydrogens (tertiary/aromatic N) is 1. The third-order valence-corrected chi connectivity index (χ3v) is 2.96. The fourth-order valence-corrected chi connectivity index (χ4v) is 2.10. The van der Waals surface area contributed by atoms with E-state index in [0.717, 1.165) is 25.7 Å². The van der Waals surface area contributed by atoms with E-state index in [4.69, 9.17) is 4.74 Å². The maximum Gasteiger partial charge on any atom is 0.0651 e. The van der Waals surface area contributed by atoms with E-state index >= 15 is 0 Å². The Morgan fingerprint density at radius 3 is 2.75 bits per heavy atom. The Morgan fingerprint density at radius 1 is 1.42 bits per heavy atom. The highest BCUT2D eigenvalue weighted by molar-refractivity contribution is 5.05. The number of hydrogen-bond acceptors (Lipinski definition) is 2. The molecule has 1 aliphatic heterocycles. The molecule has 0 unspecified atom stereocenters. The third-order valence-electron chi connectivity index (χ3n) is 2.96. The summed E-state index contributed by atoms with van der Waals surface area (Å²) in [5.41, 5.74) is 0.489. The summed E-state index contributed by atoms with van der Waals surface area (Å²) in [5.74, 6) is 0.792. The molecule has 2 rings (SSSR count). The number of ether oxygens (including phenoxy) is 1. The highest BCUT2D eigenvalue weighted by Gasteiger charge is 2.49. The van der Waals surface area contributed by atoms with Crippen molar-refractivity contribution in [1.29, 1.82) is 0 Å². The van der Waals surface area contributed by atoms with Crippen molar-refractivity contribution in [2.45, 2.75) is 32.2 Å². The van der Waals surface area contributed by atoms with Crippen LogP contribution >= 0.6 is 0 Å². The maximum absolute atomic E-state index is 5.52. The summed E-state index contributed by atoms with van der Waals surface area (Å²) < 4.78 is 5.52. The first-order valence-electron chi connectivity index (χ1n) is 5.06. The van der Waals surface area contributed by atoms with Crippen molar-refractivity contribution in [2.75, 3.05) is 26.3 Å². The van der Waals surface area contributed by atoms with E-state index in [1.165, 1.54) is 19.4 Å². The molecule has 1 spiro atoms. The number of morpholine rings is 1. The van der Waals surface area contributed by atoms with Crippen molar-refractivity contribution >= 4 is 0 Å². The van der Waals surface area contributed by atoms with Crippen molar-refractivity contribution in [2.24, 2.45) is 5.92 Å². The molecule has 0 aromatic carbocycles. The van der Waals surface area contributed by atoms with Crippen LogP contribution in [0.25, 0.3) is 0 Å². The van der Waals surface area contributed by atoms with E-state index in [2.05, 4.69) is 18.7 Å². The Morgan fingerprint density at radius 2 is 2.17 bits per heavy atom. The zero-order chi connectivity index (χ0) is 8.60. The first kappa shape index (κ1) is 8.52. The third kappa shape index (κ3) is 1.50. The van der Waals surface area contributed by atoms with Gasteiger partial charge in [-0.3, -0.25) is 4.90 Å². The van der Waals surface area contributed by atoms with Crippen molar-refractivity contribution in [3.63, 3.8) is 0 Å². The molecule has 2 nitrogen and oxygen atoms in total. The average Bonchev–Trinajstić information content (AvgIpc) is 2.75. The van der Waals surface area contributed by atoms with Crippen LogP contribution in [0.15, 0.2) is 0 Å². The summed E-state index contributed by atoms with van der Waals surface area (Å²) in [7, 11) is 0. The Labute approximate surface area is 74.9 Å². The Hall–Kier alpha value is -0.0800. The molecule has 12 heavy (non-hydrogen) atoms. The molecule has 1 saturated heterocycles. The zero-order valence-corrected chi connectivity index (χ0v) is 8.18. The Balaban J connectivity index is 1.93. The standard InChI is InChI=1S/C10H19NO/c1-9(2)7-11-5-6-12-8-10(11)3-4-10/h9H,3-8H2,1-2H3. The normalized spacial score (nSPS) is 28.2. The minimum absolute atomic E-state index is 0.489. The van der Waals surface area contributed by atoms with E-state index in [-0.39, 0.29) is 0 Å². The molecule has 1 heterocycles. The van der Waals surface area contributed by atoms with Crippen LogP contribution in [0.4, 0.5) is 0 Å². The van der Waals surface area contributed by atoms with Crippen LogP contribution in [0.1, 0.15) is 26.7 Å². The molecule has 70 valence electrons. The summed E-state index contributed by atoms with van der Waals surface area (Å²) in [6, 6.07) is 0. The predicted octanol–water partition coefficient (Wildman–Crippen LogP) is 1.51. The minimum atomic E-state index is 0.489. The van der Waals surface area contributed by atoms with Gasteiger partial charge in [-0.2, -0.15) is 0 Å². The monoisotopic (exact) mass is 169 g/mol.